The number of hydrogen-bond donors (Lipinski definition) is 1. The van der Waals surface area contributed by atoms with Crippen molar-refractivity contribution in [3.63, 3.8) is 0 Å². The lowest BCUT2D eigenvalue weighted by atomic mass is 9.87. The molecular formula is C24H27NO2S. The van der Waals surface area contributed by atoms with Crippen LogP contribution < -0.4 is 4.72 Å². The quantitative estimate of drug-likeness (QED) is 0.634. The summed E-state index contributed by atoms with van der Waals surface area (Å²) in [4.78, 5) is 0.272. The van der Waals surface area contributed by atoms with Crippen molar-refractivity contribution in [2.75, 3.05) is 0 Å². The lowest BCUT2D eigenvalue weighted by molar-refractivity contribution is 0.570. The number of benzene rings is 3. The van der Waals surface area contributed by atoms with Crippen LogP contribution in [0.5, 0.6) is 0 Å². The molecule has 0 aromatic heterocycles. The average molecular weight is 394 g/mol. The van der Waals surface area contributed by atoms with Gasteiger partial charge < -0.3 is 0 Å². The summed E-state index contributed by atoms with van der Waals surface area (Å²) >= 11 is 0. The molecular weight excluding hydrogens is 366 g/mol. The molecule has 3 aromatic carbocycles. The minimum absolute atomic E-state index is 0.0236. The fourth-order valence-electron chi connectivity index (χ4n) is 3.09. The SMILES string of the molecule is Cc1ccc([C@@H](NS(=O)(=O)c2ccc(C(C)(C)C)cc2)c2ccccc2)cc1. The van der Waals surface area contributed by atoms with Crippen molar-refractivity contribution < 1.29 is 8.42 Å². The second kappa shape index (κ2) is 7.90. The molecule has 0 unspecified atom stereocenters. The van der Waals surface area contributed by atoms with E-state index in [-0.39, 0.29) is 10.3 Å². The largest absolute Gasteiger partial charge is 0.241 e. The summed E-state index contributed by atoms with van der Waals surface area (Å²) in [5.74, 6) is 0. The highest BCUT2D eigenvalue weighted by atomic mass is 32.2. The van der Waals surface area contributed by atoms with Crippen molar-refractivity contribution in [3.8, 4) is 0 Å². The van der Waals surface area contributed by atoms with E-state index in [9.17, 15) is 8.42 Å². The molecule has 0 spiro atoms. The molecule has 0 saturated carbocycles. The van der Waals surface area contributed by atoms with E-state index >= 15 is 0 Å². The molecule has 0 radical (unpaired) electrons. The van der Waals surface area contributed by atoms with Crippen LogP contribution in [0.2, 0.25) is 0 Å². The maximum absolute atomic E-state index is 13.1. The standard InChI is InChI=1S/C24H27NO2S/c1-18-10-12-20(13-11-18)23(19-8-6-5-7-9-19)25-28(26,27)22-16-14-21(15-17-22)24(2,3)4/h5-17,23,25H,1-4H3/t23-/m0/s1. The number of hydrogen-bond acceptors (Lipinski definition) is 2. The topological polar surface area (TPSA) is 46.2 Å². The first-order valence-electron chi connectivity index (χ1n) is 9.41. The summed E-state index contributed by atoms with van der Waals surface area (Å²) in [6, 6.07) is 24.3. The van der Waals surface area contributed by atoms with Gasteiger partial charge in [0.25, 0.3) is 0 Å². The number of sulfonamides is 1. The van der Waals surface area contributed by atoms with Gasteiger partial charge in [-0.25, -0.2) is 8.42 Å². The van der Waals surface area contributed by atoms with Crippen LogP contribution in [-0.4, -0.2) is 8.42 Å². The fourth-order valence-corrected chi connectivity index (χ4v) is 4.30. The summed E-state index contributed by atoms with van der Waals surface area (Å²) in [5, 5.41) is 0. The summed E-state index contributed by atoms with van der Waals surface area (Å²) < 4.78 is 29.1. The van der Waals surface area contributed by atoms with Gasteiger partial charge in [-0.05, 0) is 41.2 Å². The zero-order valence-corrected chi connectivity index (χ0v) is 17.6. The lowest BCUT2D eigenvalue weighted by Crippen LogP contribution is -2.29. The van der Waals surface area contributed by atoms with Crippen LogP contribution >= 0.6 is 0 Å². The lowest BCUT2D eigenvalue weighted by Gasteiger charge is -2.21. The van der Waals surface area contributed by atoms with Gasteiger partial charge in [-0.15, -0.1) is 0 Å². The average Bonchev–Trinajstić information content (AvgIpc) is 2.67. The van der Waals surface area contributed by atoms with E-state index in [0.29, 0.717) is 0 Å². The second-order valence-electron chi connectivity index (χ2n) is 8.15. The highest BCUT2D eigenvalue weighted by Crippen LogP contribution is 2.27. The molecule has 0 fully saturated rings. The Morgan fingerprint density at radius 1 is 0.750 bits per heavy atom. The number of rotatable bonds is 5. The molecule has 0 bridgehead atoms. The Kier molecular flexibility index (Phi) is 5.73. The molecule has 0 aliphatic rings. The third-order valence-corrected chi connectivity index (χ3v) is 6.29. The molecule has 28 heavy (non-hydrogen) atoms. The molecule has 0 heterocycles. The summed E-state index contributed by atoms with van der Waals surface area (Å²) in [6.45, 7) is 8.34. The Hall–Kier alpha value is -2.43. The van der Waals surface area contributed by atoms with Crippen molar-refractivity contribution in [2.45, 2.75) is 44.0 Å². The Morgan fingerprint density at radius 3 is 1.82 bits per heavy atom. The minimum atomic E-state index is -3.68. The third kappa shape index (κ3) is 4.70. The van der Waals surface area contributed by atoms with Crippen LogP contribution in [0.15, 0.2) is 83.8 Å². The maximum Gasteiger partial charge on any atom is 0.241 e. The van der Waals surface area contributed by atoms with Gasteiger partial charge in [0.1, 0.15) is 0 Å². The molecule has 1 atom stereocenters. The molecule has 0 amide bonds. The monoisotopic (exact) mass is 393 g/mol. The summed E-state index contributed by atoms with van der Waals surface area (Å²) in [7, 11) is -3.68. The summed E-state index contributed by atoms with van der Waals surface area (Å²) in [6.07, 6.45) is 0. The molecule has 1 N–H and O–H groups in total. The first kappa shape index (κ1) is 20.3. The highest BCUT2D eigenvalue weighted by Gasteiger charge is 2.23. The van der Waals surface area contributed by atoms with Crippen molar-refractivity contribution in [2.24, 2.45) is 0 Å². The van der Waals surface area contributed by atoms with Crippen LogP contribution in [0.25, 0.3) is 0 Å². The van der Waals surface area contributed by atoms with E-state index < -0.39 is 16.1 Å². The predicted molar refractivity (Wildman–Crippen MR) is 115 cm³/mol. The van der Waals surface area contributed by atoms with E-state index in [2.05, 4.69) is 25.5 Å². The van der Waals surface area contributed by atoms with Gasteiger partial charge in [0.2, 0.25) is 10.0 Å². The van der Waals surface area contributed by atoms with Gasteiger partial charge in [-0.2, -0.15) is 4.72 Å². The normalized spacial score (nSPS) is 13.3. The van der Waals surface area contributed by atoms with E-state index in [0.717, 1.165) is 22.3 Å². The van der Waals surface area contributed by atoms with Crippen LogP contribution in [0.1, 0.15) is 49.1 Å². The second-order valence-corrected chi connectivity index (χ2v) is 9.86. The first-order chi connectivity index (χ1) is 13.2. The van der Waals surface area contributed by atoms with Crippen molar-refractivity contribution in [3.05, 3.63) is 101 Å². The van der Waals surface area contributed by atoms with E-state index in [1.165, 1.54) is 0 Å². The maximum atomic E-state index is 13.1. The van der Waals surface area contributed by atoms with Gasteiger partial charge in [-0.1, -0.05) is 93.1 Å². The van der Waals surface area contributed by atoms with Gasteiger partial charge in [0.15, 0.2) is 0 Å². The Balaban J connectivity index is 1.96. The van der Waals surface area contributed by atoms with Crippen molar-refractivity contribution in [1.82, 2.24) is 4.72 Å². The molecule has 0 aliphatic heterocycles. The Labute approximate surface area is 168 Å². The number of aryl methyl sites for hydroxylation is 1. The first-order valence-corrected chi connectivity index (χ1v) is 10.9. The molecule has 146 valence electrons. The molecule has 4 heteroatoms. The molecule has 0 aliphatic carbocycles. The number of nitrogens with one attached hydrogen (secondary N) is 1. The van der Waals surface area contributed by atoms with E-state index in [1.807, 2.05) is 73.7 Å². The van der Waals surface area contributed by atoms with Crippen LogP contribution in [-0.2, 0) is 15.4 Å². The van der Waals surface area contributed by atoms with Crippen LogP contribution in [0.4, 0.5) is 0 Å². The predicted octanol–water partition coefficient (Wildman–Crippen LogP) is 5.36. The van der Waals surface area contributed by atoms with Gasteiger partial charge in [0, 0.05) is 0 Å². The zero-order chi connectivity index (χ0) is 20.4. The third-order valence-electron chi connectivity index (χ3n) is 4.85. The van der Waals surface area contributed by atoms with Crippen LogP contribution in [0, 0.1) is 6.92 Å². The highest BCUT2D eigenvalue weighted by molar-refractivity contribution is 7.89. The molecule has 3 aromatic rings. The van der Waals surface area contributed by atoms with Crippen molar-refractivity contribution >= 4 is 10.0 Å². The van der Waals surface area contributed by atoms with Gasteiger partial charge in [-0.3, -0.25) is 0 Å². The van der Waals surface area contributed by atoms with Crippen LogP contribution in [0.3, 0.4) is 0 Å². The molecule has 3 rings (SSSR count). The van der Waals surface area contributed by atoms with E-state index in [4.69, 9.17) is 0 Å². The van der Waals surface area contributed by atoms with Gasteiger partial charge in [0.05, 0.1) is 10.9 Å². The Bertz CT molecular complexity index is 1020. The molecule has 0 saturated heterocycles. The fraction of sp³-hybridized carbons (Fsp3) is 0.250. The summed E-state index contributed by atoms with van der Waals surface area (Å²) in [5.41, 5.74) is 4.03. The molecule has 3 nitrogen and oxygen atoms in total. The minimum Gasteiger partial charge on any atom is -0.207 e. The zero-order valence-electron chi connectivity index (χ0n) is 16.8. The van der Waals surface area contributed by atoms with Gasteiger partial charge >= 0.3 is 0 Å². The smallest absolute Gasteiger partial charge is 0.207 e. The van der Waals surface area contributed by atoms with E-state index in [1.54, 1.807) is 12.1 Å². The Morgan fingerprint density at radius 2 is 1.29 bits per heavy atom. The van der Waals surface area contributed by atoms with Crippen molar-refractivity contribution in [1.29, 1.82) is 0 Å².